The number of anilines is 1. The van der Waals surface area contributed by atoms with Gasteiger partial charge in [-0.3, -0.25) is 4.72 Å². The standard InChI is InChI=1S/C20H26N2O2S/c1-2-3-4-16-5-8-19(9-6-16)22-25(23,24)20-10-7-17-11-13-21-14-12-18(17)15-20/h5-10,15,21-22H,2-4,11-14H2,1H3. The van der Waals surface area contributed by atoms with E-state index in [0.717, 1.165) is 50.8 Å². The summed E-state index contributed by atoms with van der Waals surface area (Å²) in [4.78, 5) is 0.336. The van der Waals surface area contributed by atoms with Gasteiger partial charge in [-0.05, 0) is 79.7 Å². The third-order valence-corrected chi connectivity index (χ3v) is 6.03. The summed E-state index contributed by atoms with van der Waals surface area (Å²) in [6.45, 7) is 4.00. The van der Waals surface area contributed by atoms with Crippen LogP contribution in [0.25, 0.3) is 0 Å². The van der Waals surface area contributed by atoms with Gasteiger partial charge in [-0.1, -0.05) is 31.5 Å². The van der Waals surface area contributed by atoms with E-state index in [1.54, 1.807) is 6.07 Å². The van der Waals surface area contributed by atoms with Gasteiger partial charge in [0, 0.05) is 5.69 Å². The number of benzene rings is 2. The van der Waals surface area contributed by atoms with Gasteiger partial charge in [-0.15, -0.1) is 0 Å². The fourth-order valence-corrected chi connectivity index (χ4v) is 4.26. The number of hydrogen-bond donors (Lipinski definition) is 2. The third-order valence-electron chi connectivity index (χ3n) is 4.66. The minimum Gasteiger partial charge on any atom is -0.316 e. The molecular weight excluding hydrogens is 332 g/mol. The van der Waals surface area contributed by atoms with Crippen LogP contribution >= 0.6 is 0 Å². The molecule has 0 aromatic heterocycles. The maximum atomic E-state index is 12.7. The summed E-state index contributed by atoms with van der Waals surface area (Å²) in [6, 6.07) is 13.2. The Labute approximate surface area is 150 Å². The molecule has 3 rings (SSSR count). The van der Waals surface area contributed by atoms with Crippen LogP contribution in [0.5, 0.6) is 0 Å². The van der Waals surface area contributed by atoms with Crippen molar-refractivity contribution in [2.75, 3.05) is 17.8 Å². The molecule has 0 unspecified atom stereocenters. The number of aryl methyl sites for hydroxylation is 1. The number of nitrogens with one attached hydrogen (secondary N) is 2. The molecule has 0 bridgehead atoms. The van der Waals surface area contributed by atoms with Crippen LogP contribution < -0.4 is 10.0 Å². The van der Waals surface area contributed by atoms with Crippen molar-refractivity contribution in [3.8, 4) is 0 Å². The maximum absolute atomic E-state index is 12.7. The van der Waals surface area contributed by atoms with Gasteiger partial charge in [0.25, 0.3) is 10.0 Å². The van der Waals surface area contributed by atoms with E-state index in [9.17, 15) is 8.42 Å². The van der Waals surface area contributed by atoms with E-state index in [1.807, 2.05) is 36.4 Å². The molecule has 0 spiro atoms. The van der Waals surface area contributed by atoms with Crippen molar-refractivity contribution in [1.29, 1.82) is 0 Å². The van der Waals surface area contributed by atoms with Crippen molar-refractivity contribution < 1.29 is 8.42 Å². The topological polar surface area (TPSA) is 58.2 Å². The lowest BCUT2D eigenvalue weighted by molar-refractivity contribution is 0.601. The summed E-state index contributed by atoms with van der Waals surface area (Å²) in [5, 5.41) is 3.35. The molecule has 0 saturated heterocycles. The van der Waals surface area contributed by atoms with Crippen LogP contribution in [0.3, 0.4) is 0 Å². The predicted molar refractivity (Wildman–Crippen MR) is 103 cm³/mol. The van der Waals surface area contributed by atoms with Gasteiger partial charge in [0.15, 0.2) is 0 Å². The van der Waals surface area contributed by atoms with Gasteiger partial charge in [-0.2, -0.15) is 0 Å². The molecule has 4 nitrogen and oxygen atoms in total. The minimum atomic E-state index is -3.56. The highest BCUT2D eigenvalue weighted by Gasteiger charge is 2.17. The molecule has 5 heteroatoms. The molecular formula is C20H26N2O2S. The molecule has 25 heavy (non-hydrogen) atoms. The molecule has 0 radical (unpaired) electrons. The van der Waals surface area contributed by atoms with Crippen LogP contribution in [-0.2, 0) is 29.3 Å². The van der Waals surface area contributed by atoms with Crippen molar-refractivity contribution in [3.05, 3.63) is 59.2 Å². The Morgan fingerprint density at radius 3 is 2.44 bits per heavy atom. The van der Waals surface area contributed by atoms with Crippen molar-refractivity contribution in [3.63, 3.8) is 0 Å². The molecule has 0 atom stereocenters. The van der Waals surface area contributed by atoms with Gasteiger partial charge >= 0.3 is 0 Å². The molecule has 2 aromatic rings. The Balaban J connectivity index is 1.76. The van der Waals surface area contributed by atoms with Gasteiger partial charge in [0.1, 0.15) is 0 Å². The van der Waals surface area contributed by atoms with Crippen LogP contribution in [-0.4, -0.2) is 21.5 Å². The van der Waals surface area contributed by atoms with Crippen LogP contribution in [0.15, 0.2) is 47.4 Å². The van der Waals surface area contributed by atoms with Crippen molar-refractivity contribution in [1.82, 2.24) is 5.32 Å². The molecule has 1 heterocycles. The van der Waals surface area contributed by atoms with E-state index in [-0.39, 0.29) is 0 Å². The lowest BCUT2D eigenvalue weighted by Gasteiger charge is -2.12. The Bertz CT molecular complexity index is 814. The zero-order valence-corrected chi connectivity index (χ0v) is 15.5. The highest BCUT2D eigenvalue weighted by molar-refractivity contribution is 7.92. The first kappa shape index (κ1) is 18.0. The molecule has 0 fully saturated rings. The van der Waals surface area contributed by atoms with E-state index in [2.05, 4.69) is 17.0 Å². The van der Waals surface area contributed by atoms with Gasteiger partial charge in [0.2, 0.25) is 0 Å². The van der Waals surface area contributed by atoms with Gasteiger partial charge in [0.05, 0.1) is 4.90 Å². The van der Waals surface area contributed by atoms with Crippen LogP contribution in [0.4, 0.5) is 5.69 Å². The Morgan fingerprint density at radius 2 is 1.72 bits per heavy atom. The summed E-state index contributed by atoms with van der Waals surface area (Å²) >= 11 is 0. The van der Waals surface area contributed by atoms with E-state index in [4.69, 9.17) is 0 Å². The summed E-state index contributed by atoms with van der Waals surface area (Å²) in [5.41, 5.74) is 4.21. The molecule has 2 aromatic carbocycles. The van der Waals surface area contributed by atoms with Crippen LogP contribution in [0.1, 0.15) is 36.5 Å². The number of hydrogen-bond acceptors (Lipinski definition) is 3. The van der Waals surface area contributed by atoms with Crippen molar-refractivity contribution in [2.45, 2.75) is 43.9 Å². The van der Waals surface area contributed by atoms with Gasteiger partial charge < -0.3 is 5.32 Å². The SMILES string of the molecule is CCCCc1ccc(NS(=O)(=O)c2ccc3c(c2)CCNCC3)cc1. The molecule has 0 aliphatic carbocycles. The lowest BCUT2D eigenvalue weighted by Crippen LogP contribution is -2.16. The van der Waals surface area contributed by atoms with Crippen LogP contribution in [0, 0.1) is 0 Å². The monoisotopic (exact) mass is 358 g/mol. The molecule has 2 N–H and O–H groups in total. The van der Waals surface area contributed by atoms with E-state index in [0.29, 0.717) is 10.6 Å². The van der Waals surface area contributed by atoms with Gasteiger partial charge in [-0.25, -0.2) is 8.42 Å². The summed E-state index contributed by atoms with van der Waals surface area (Å²) < 4.78 is 28.1. The smallest absolute Gasteiger partial charge is 0.261 e. The molecule has 1 aliphatic rings. The van der Waals surface area contributed by atoms with E-state index < -0.39 is 10.0 Å². The molecule has 134 valence electrons. The van der Waals surface area contributed by atoms with Crippen molar-refractivity contribution in [2.24, 2.45) is 0 Å². The largest absolute Gasteiger partial charge is 0.316 e. The fraction of sp³-hybridized carbons (Fsp3) is 0.400. The number of rotatable bonds is 6. The van der Waals surface area contributed by atoms with Crippen molar-refractivity contribution >= 4 is 15.7 Å². The zero-order valence-electron chi connectivity index (χ0n) is 14.7. The number of fused-ring (bicyclic) bond motifs is 1. The van der Waals surface area contributed by atoms with E-state index >= 15 is 0 Å². The molecule has 0 amide bonds. The average molecular weight is 359 g/mol. The second-order valence-electron chi connectivity index (χ2n) is 6.59. The first-order valence-electron chi connectivity index (χ1n) is 9.03. The summed E-state index contributed by atoms with van der Waals surface area (Å²) in [5.74, 6) is 0. The summed E-state index contributed by atoms with van der Waals surface area (Å²) in [6.07, 6.45) is 5.15. The normalized spacial score (nSPS) is 14.6. The Morgan fingerprint density at radius 1 is 1.00 bits per heavy atom. The van der Waals surface area contributed by atoms with Crippen LogP contribution in [0.2, 0.25) is 0 Å². The van der Waals surface area contributed by atoms with E-state index in [1.165, 1.54) is 11.1 Å². The highest BCUT2D eigenvalue weighted by atomic mass is 32.2. The first-order valence-corrected chi connectivity index (χ1v) is 10.5. The third kappa shape index (κ3) is 4.61. The predicted octanol–water partition coefficient (Wildman–Crippen LogP) is 3.52. The molecule has 1 aliphatic heterocycles. The Kier molecular flexibility index (Phi) is 5.76. The second-order valence-corrected chi connectivity index (χ2v) is 8.27. The number of sulfonamides is 1. The lowest BCUT2D eigenvalue weighted by atomic mass is 10.0. The molecule has 0 saturated carbocycles. The quantitative estimate of drug-likeness (QED) is 0.831. The zero-order chi connectivity index (χ0) is 17.7. The summed E-state index contributed by atoms with van der Waals surface area (Å²) in [7, 11) is -3.56. The second kappa shape index (κ2) is 8.02. The maximum Gasteiger partial charge on any atom is 0.261 e. The fourth-order valence-electron chi connectivity index (χ4n) is 3.15. The minimum absolute atomic E-state index is 0.336. The average Bonchev–Trinajstić information content (AvgIpc) is 2.85. The first-order chi connectivity index (χ1) is 12.1. The highest BCUT2D eigenvalue weighted by Crippen LogP contribution is 2.21. The number of unbranched alkanes of at least 4 members (excludes halogenated alkanes) is 1. The Hall–Kier alpha value is -1.85.